The number of hydrogen-bond acceptors (Lipinski definition) is 4. The van der Waals surface area contributed by atoms with Crippen molar-refractivity contribution >= 4 is 11.9 Å². The molecule has 3 aromatic rings. The van der Waals surface area contributed by atoms with E-state index < -0.39 is 0 Å². The van der Waals surface area contributed by atoms with E-state index in [1.807, 2.05) is 49.6 Å². The maximum Gasteiger partial charge on any atom is 0.251 e. The lowest BCUT2D eigenvalue weighted by atomic mass is 9.68. The molecule has 2 N–H and O–H groups in total. The van der Waals surface area contributed by atoms with Gasteiger partial charge >= 0.3 is 0 Å². The van der Waals surface area contributed by atoms with E-state index >= 15 is 0 Å². The first-order valence-electron chi connectivity index (χ1n) is 9.61. The summed E-state index contributed by atoms with van der Waals surface area (Å²) >= 11 is 0. The van der Waals surface area contributed by atoms with Gasteiger partial charge < -0.3 is 10.6 Å². The Morgan fingerprint density at radius 1 is 1.07 bits per heavy atom. The third-order valence-corrected chi connectivity index (χ3v) is 5.56. The normalized spacial score (nSPS) is 18.2. The van der Waals surface area contributed by atoms with Gasteiger partial charge in [0.15, 0.2) is 0 Å². The average molecular weight is 372 g/mol. The molecule has 0 fully saturated rings. The third-order valence-electron chi connectivity index (χ3n) is 5.56. The van der Waals surface area contributed by atoms with Gasteiger partial charge in [0.25, 0.3) is 5.91 Å². The Hall–Kier alpha value is -3.21. The van der Waals surface area contributed by atoms with E-state index in [-0.39, 0.29) is 11.3 Å². The Labute approximate surface area is 165 Å². The molecule has 1 aliphatic carbocycles. The van der Waals surface area contributed by atoms with Crippen LogP contribution < -0.4 is 10.6 Å². The molecule has 0 radical (unpaired) electrons. The highest BCUT2D eigenvalue weighted by Crippen LogP contribution is 2.37. The molecule has 5 heteroatoms. The first kappa shape index (κ1) is 18.2. The molecule has 1 atom stereocenters. The van der Waals surface area contributed by atoms with Crippen LogP contribution in [0.5, 0.6) is 0 Å². The average Bonchev–Trinajstić information content (AvgIpc) is 2.78. The van der Waals surface area contributed by atoms with Crippen molar-refractivity contribution in [1.82, 2.24) is 15.3 Å². The van der Waals surface area contributed by atoms with E-state index in [1.54, 1.807) is 0 Å². The number of fused-ring (bicyclic) bond motifs is 1. The van der Waals surface area contributed by atoms with Gasteiger partial charge in [-0.25, -0.2) is 9.97 Å². The molecule has 1 heterocycles. The summed E-state index contributed by atoms with van der Waals surface area (Å²) < 4.78 is 0. The summed E-state index contributed by atoms with van der Waals surface area (Å²) in [6.45, 7) is 0.581. The van der Waals surface area contributed by atoms with Crippen LogP contribution in [0.4, 0.5) is 5.95 Å². The highest BCUT2D eigenvalue weighted by Gasteiger charge is 2.37. The van der Waals surface area contributed by atoms with Gasteiger partial charge in [0.2, 0.25) is 5.95 Å². The number of nitrogens with one attached hydrogen (secondary N) is 2. The summed E-state index contributed by atoms with van der Waals surface area (Å²) in [7, 11) is 1.83. The summed E-state index contributed by atoms with van der Waals surface area (Å²) in [4.78, 5) is 21.7. The fourth-order valence-corrected chi connectivity index (χ4v) is 3.97. The maximum absolute atomic E-state index is 12.6. The van der Waals surface area contributed by atoms with Gasteiger partial charge in [0.1, 0.15) is 0 Å². The van der Waals surface area contributed by atoms with Gasteiger partial charge in [0.05, 0.1) is 0 Å². The molecule has 2 aromatic carbocycles. The van der Waals surface area contributed by atoms with Crippen molar-refractivity contribution in [2.24, 2.45) is 0 Å². The topological polar surface area (TPSA) is 66.9 Å². The molecular weight excluding hydrogens is 348 g/mol. The van der Waals surface area contributed by atoms with Crippen molar-refractivity contribution in [2.45, 2.75) is 24.7 Å². The molecule has 0 bridgehead atoms. The SMILES string of the molecule is CNc1ncc2c(n1)CCC(CNC(=O)c1ccccc1)(c1ccccc1)C2. The minimum Gasteiger partial charge on any atom is -0.357 e. The van der Waals surface area contributed by atoms with Crippen LogP contribution in [-0.4, -0.2) is 29.5 Å². The molecule has 142 valence electrons. The van der Waals surface area contributed by atoms with Crippen molar-refractivity contribution in [1.29, 1.82) is 0 Å². The first-order chi connectivity index (χ1) is 13.7. The van der Waals surface area contributed by atoms with Gasteiger partial charge in [-0.15, -0.1) is 0 Å². The molecule has 0 saturated heterocycles. The lowest BCUT2D eigenvalue weighted by Gasteiger charge is -2.38. The molecule has 4 rings (SSSR count). The van der Waals surface area contributed by atoms with E-state index in [0.29, 0.717) is 18.1 Å². The number of aryl methyl sites for hydroxylation is 1. The molecule has 0 spiro atoms. The van der Waals surface area contributed by atoms with Crippen molar-refractivity contribution in [3.8, 4) is 0 Å². The van der Waals surface area contributed by atoms with Gasteiger partial charge in [-0.1, -0.05) is 48.5 Å². The van der Waals surface area contributed by atoms with Gasteiger partial charge in [-0.2, -0.15) is 0 Å². The zero-order valence-electron chi connectivity index (χ0n) is 16.0. The Balaban J connectivity index is 1.62. The molecule has 1 aliphatic rings. The van der Waals surface area contributed by atoms with Gasteiger partial charge in [-0.3, -0.25) is 4.79 Å². The second kappa shape index (κ2) is 7.80. The number of rotatable bonds is 5. The fourth-order valence-electron chi connectivity index (χ4n) is 3.97. The first-order valence-corrected chi connectivity index (χ1v) is 9.61. The molecule has 1 unspecified atom stereocenters. The van der Waals surface area contributed by atoms with Crippen molar-refractivity contribution in [2.75, 3.05) is 18.9 Å². The highest BCUT2D eigenvalue weighted by atomic mass is 16.1. The van der Waals surface area contributed by atoms with Crippen LogP contribution in [0.2, 0.25) is 0 Å². The summed E-state index contributed by atoms with van der Waals surface area (Å²) in [6, 6.07) is 19.8. The van der Waals surface area contributed by atoms with Crippen LogP contribution in [0.3, 0.4) is 0 Å². The predicted octanol–water partition coefficient (Wildman–Crippen LogP) is 3.38. The number of benzene rings is 2. The van der Waals surface area contributed by atoms with Crippen molar-refractivity contribution in [3.05, 3.63) is 89.2 Å². The largest absolute Gasteiger partial charge is 0.357 e. The van der Waals surface area contributed by atoms with E-state index in [1.165, 1.54) is 5.56 Å². The van der Waals surface area contributed by atoms with Gasteiger partial charge in [0, 0.05) is 36.5 Å². The van der Waals surface area contributed by atoms with E-state index in [4.69, 9.17) is 0 Å². The number of nitrogens with zero attached hydrogens (tertiary/aromatic N) is 2. The molecule has 0 aliphatic heterocycles. The zero-order chi connectivity index (χ0) is 19.4. The Kier molecular flexibility index (Phi) is 5.06. The standard InChI is InChI=1S/C23H24N4O/c1-24-22-25-15-18-14-23(13-12-20(18)27-22,19-10-6-3-7-11-19)16-26-21(28)17-8-4-2-5-9-17/h2-11,15H,12-14,16H2,1H3,(H,26,28)(H,24,25,27). The van der Waals surface area contributed by atoms with Crippen LogP contribution in [-0.2, 0) is 18.3 Å². The van der Waals surface area contributed by atoms with Crippen LogP contribution in [0.25, 0.3) is 0 Å². The Morgan fingerprint density at radius 2 is 1.79 bits per heavy atom. The van der Waals surface area contributed by atoms with Crippen LogP contribution >= 0.6 is 0 Å². The molecule has 1 aromatic heterocycles. The molecule has 5 nitrogen and oxygen atoms in total. The predicted molar refractivity (Wildman–Crippen MR) is 110 cm³/mol. The van der Waals surface area contributed by atoms with E-state index in [9.17, 15) is 4.79 Å². The zero-order valence-corrected chi connectivity index (χ0v) is 16.0. The second-order valence-electron chi connectivity index (χ2n) is 7.29. The Morgan fingerprint density at radius 3 is 2.50 bits per heavy atom. The van der Waals surface area contributed by atoms with Crippen LogP contribution in [0, 0.1) is 0 Å². The number of aromatic nitrogens is 2. The van der Waals surface area contributed by atoms with Crippen LogP contribution in [0.1, 0.15) is 33.6 Å². The third kappa shape index (κ3) is 3.60. The fraction of sp³-hybridized carbons (Fsp3) is 0.261. The summed E-state index contributed by atoms with van der Waals surface area (Å²) in [5.41, 5.74) is 4.02. The molecular formula is C23H24N4O. The highest BCUT2D eigenvalue weighted by molar-refractivity contribution is 5.94. The Bertz CT molecular complexity index is 959. The summed E-state index contributed by atoms with van der Waals surface area (Å²) in [5, 5.41) is 6.18. The lowest BCUT2D eigenvalue weighted by Crippen LogP contribution is -2.45. The maximum atomic E-state index is 12.6. The number of anilines is 1. The molecule has 28 heavy (non-hydrogen) atoms. The monoisotopic (exact) mass is 372 g/mol. The number of hydrogen-bond donors (Lipinski definition) is 2. The van der Waals surface area contributed by atoms with E-state index in [0.717, 1.165) is 30.5 Å². The molecule has 0 saturated carbocycles. The number of carbonyl (C=O) groups excluding carboxylic acids is 1. The van der Waals surface area contributed by atoms with Crippen LogP contribution in [0.15, 0.2) is 66.9 Å². The van der Waals surface area contributed by atoms with Gasteiger partial charge in [-0.05, 0) is 42.5 Å². The minimum atomic E-state index is -0.163. The summed E-state index contributed by atoms with van der Waals surface area (Å²) in [5.74, 6) is 0.617. The van der Waals surface area contributed by atoms with E-state index in [2.05, 4.69) is 44.9 Å². The lowest BCUT2D eigenvalue weighted by molar-refractivity contribution is 0.0940. The number of amides is 1. The summed E-state index contributed by atoms with van der Waals surface area (Å²) in [6.07, 6.45) is 4.53. The minimum absolute atomic E-state index is 0.0384. The van der Waals surface area contributed by atoms with Crippen molar-refractivity contribution < 1.29 is 4.79 Å². The quantitative estimate of drug-likeness (QED) is 0.721. The second-order valence-corrected chi connectivity index (χ2v) is 7.29. The number of carbonyl (C=O) groups is 1. The van der Waals surface area contributed by atoms with Crippen molar-refractivity contribution in [3.63, 3.8) is 0 Å². The smallest absolute Gasteiger partial charge is 0.251 e. The molecule has 1 amide bonds.